The number of anilines is 2. The monoisotopic (exact) mass is 367 g/mol. The smallest absolute Gasteiger partial charge is 0.323 e. The third-order valence-electron chi connectivity index (χ3n) is 4.67. The van der Waals surface area contributed by atoms with E-state index in [0.29, 0.717) is 22.7 Å². The molecule has 0 aliphatic heterocycles. The second-order valence-corrected chi connectivity index (χ2v) is 6.70. The summed E-state index contributed by atoms with van der Waals surface area (Å²) >= 11 is 0. The number of ether oxygens (including phenoxy) is 1. The molecule has 142 valence electrons. The van der Waals surface area contributed by atoms with E-state index >= 15 is 0 Å². The molecular formula is C21H25N3O3. The Morgan fingerprint density at radius 2 is 1.63 bits per heavy atom. The number of methoxy groups -OCH3 is 1. The van der Waals surface area contributed by atoms with Crippen LogP contribution in [0.2, 0.25) is 0 Å². The topological polar surface area (TPSA) is 79.5 Å². The largest absolute Gasteiger partial charge is 0.497 e. The van der Waals surface area contributed by atoms with Gasteiger partial charge in [-0.25, -0.2) is 4.79 Å². The van der Waals surface area contributed by atoms with Gasteiger partial charge >= 0.3 is 6.03 Å². The zero-order valence-electron chi connectivity index (χ0n) is 15.5. The highest BCUT2D eigenvalue weighted by Crippen LogP contribution is 2.19. The normalized spacial score (nSPS) is 14.3. The predicted octanol–water partition coefficient (Wildman–Crippen LogP) is 4.40. The van der Waals surface area contributed by atoms with Crippen molar-refractivity contribution in [2.45, 2.75) is 38.1 Å². The molecule has 0 saturated heterocycles. The molecular weight excluding hydrogens is 342 g/mol. The molecule has 6 nitrogen and oxygen atoms in total. The summed E-state index contributed by atoms with van der Waals surface area (Å²) in [5.74, 6) is 0.607. The van der Waals surface area contributed by atoms with Crippen molar-refractivity contribution >= 4 is 23.3 Å². The molecule has 3 amide bonds. The maximum Gasteiger partial charge on any atom is 0.323 e. The Morgan fingerprint density at radius 1 is 0.926 bits per heavy atom. The van der Waals surface area contributed by atoms with Gasteiger partial charge < -0.3 is 20.7 Å². The Kier molecular flexibility index (Phi) is 6.30. The molecule has 0 spiro atoms. The predicted molar refractivity (Wildman–Crippen MR) is 106 cm³/mol. The van der Waals surface area contributed by atoms with Crippen LogP contribution in [0.5, 0.6) is 5.75 Å². The fourth-order valence-corrected chi connectivity index (χ4v) is 3.21. The molecule has 1 aliphatic rings. The van der Waals surface area contributed by atoms with Crippen molar-refractivity contribution in [1.29, 1.82) is 0 Å². The first-order chi connectivity index (χ1) is 13.1. The molecule has 27 heavy (non-hydrogen) atoms. The molecule has 2 aromatic rings. The molecule has 1 fully saturated rings. The summed E-state index contributed by atoms with van der Waals surface area (Å²) in [6, 6.07) is 13.9. The van der Waals surface area contributed by atoms with Crippen LogP contribution >= 0.6 is 0 Å². The van der Waals surface area contributed by atoms with E-state index in [0.717, 1.165) is 12.8 Å². The minimum Gasteiger partial charge on any atom is -0.497 e. The summed E-state index contributed by atoms with van der Waals surface area (Å²) in [5.41, 5.74) is 1.85. The number of amides is 3. The molecule has 0 heterocycles. The van der Waals surface area contributed by atoms with Gasteiger partial charge in [-0.2, -0.15) is 0 Å². The van der Waals surface area contributed by atoms with Gasteiger partial charge in [-0.05, 0) is 49.2 Å². The lowest BCUT2D eigenvalue weighted by molar-refractivity contribution is 0.0927. The van der Waals surface area contributed by atoms with Crippen LogP contribution in [-0.4, -0.2) is 25.1 Å². The van der Waals surface area contributed by atoms with Crippen LogP contribution in [0, 0.1) is 0 Å². The summed E-state index contributed by atoms with van der Waals surface area (Å²) in [6.07, 6.45) is 5.71. The van der Waals surface area contributed by atoms with Gasteiger partial charge in [-0.1, -0.05) is 25.3 Å². The van der Waals surface area contributed by atoms with Crippen molar-refractivity contribution in [3.05, 3.63) is 54.1 Å². The Morgan fingerprint density at radius 3 is 2.33 bits per heavy atom. The maximum atomic E-state index is 12.3. The summed E-state index contributed by atoms with van der Waals surface area (Å²) in [5, 5.41) is 8.59. The standard InChI is InChI=1S/C21H25N3O3/c1-27-19-9-5-8-18(14-19)24-21(26)23-17-12-10-15(11-13-17)20(25)22-16-6-3-2-4-7-16/h5,8-14,16H,2-4,6-7H2,1H3,(H,22,25)(H2,23,24,26). The lowest BCUT2D eigenvalue weighted by Crippen LogP contribution is -2.36. The van der Waals surface area contributed by atoms with E-state index in [2.05, 4.69) is 16.0 Å². The van der Waals surface area contributed by atoms with E-state index in [-0.39, 0.29) is 18.0 Å². The highest BCUT2D eigenvalue weighted by Gasteiger charge is 2.16. The summed E-state index contributed by atoms with van der Waals surface area (Å²) in [6.45, 7) is 0. The first-order valence-corrected chi connectivity index (χ1v) is 9.27. The number of urea groups is 1. The van der Waals surface area contributed by atoms with Crippen LogP contribution in [0.3, 0.4) is 0 Å². The minimum absolute atomic E-state index is 0.0608. The molecule has 1 saturated carbocycles. The van der Waals surface area contributed by atoms with Gasteiger partial charge in [0.2, 0.25) is 0 Å². The van der Waals surface area contributed by atoms with E-state index in [1.165, 1.54) is 19.3 Å². The molecule has 0 atom stereocenters. The second kappa shape index (κ2) is 9.07. The van der Waals surface area contributed by atoms with Gasteiger partial charge in [0.15, 0.2) is 0 Å². The average molecular weight is 367 g/mol. The number of carbonyl (C=O) groups is 2. The van der Waals surface area contributed by atoms with E-state index < -0.39 is 0 Å². The minimum atomic E-state index is -0.359. The van der Waals surface area contributed by atoms with Crippen LogP contribution < -0.4 is 20.7 Å². The Balaban J connectivity index is 1.53. The van der Waals surface area contributed by atoms with Gasteiger partial charge in [0, 0.05) is 29.0 Å². The number of hydrogen-bond acceptors (Lipinski definition) is 3. The van der Waals surface area contributed by atoms with Crippen molar-refractivity contribution < 1.29 is 14.3 Å². The molecule has 0 bridgehead atoms. The Labute approximate surface area is 159 Å². The lowest BCUT2D eigenvalue weighted by Gasteiger charge is -2.22. The third kappa shape index (κ3) is 5.48. The molecule has 0 unspecified atom stereocenters. The molecule has 1 aliphatic carbocycles. The van der Waals surface area contributed by atoms with E-state index in [1.807, 2.05) is 0 Å². The molecule has 0 aromatic heterocycles. The Hall–Kier alpha value is -3.02. The lowest BCUT2D eigenvalue weighted by atomic mass is 9.95. The first kappa shape index (κ1) is 18.8. The zero-order valence-corrected chi connectivity index (χ0v) is 15.5. The van der Waals surface area contributed by atoms with E-state index in [4.69, 9.17) is 4.74 Å². The average Bonchev–Trinajstić information content (AvgIpc) is 2.69. The van der Waals surface area contributed by atoms with Crippen LogP contribution in [0.1, 0.15) is 42.5 Å². The highest BCUT2D eigenvalue weighted by atomic mass is 16.5. The highest BCUT2D eigenvalue weighted by molar-refractivity contribution is 6.00. The Bertz CT molecular complexity index is 784. The SMILES string of the molecule is COc1cccc(NC(=O)Nc2ccc(C(=O)NC3CCCCC3)cc2)c1. The molecule has 3 rings (SSSR count). The third-order valence-corrected chi connectivity index (χ3v) is 4.67. The van der Waals surface area contributed by atoms with Crippen LogP contribution in [0.15, 0.2) is 48.5 Å². The van der Waals surface area contributed by atoms with Crippen molar-refractivity contribution in [2.75, 3.05) is 17.7 Å². The quantitative estimate of drug-likeness (QED) is 0.733. The number of hydrogen-bond donors (Lipinski definition) is 3. The number of nitrogens with one attached hydrogen (secondary N) is 3. The fourth-order valence-electron chi connectivity index (χ4n) is 3.21. The number of benzene rings is 2. The van der Waals surface area contributed by atoms with Crippen LogP contribution in [0.25, 0.3) is 0 Å². The first-order valence-electron chi connectivity index (χ1n) is 9.27. The molecule has 6 heteroatoms. The van der Waals surface area contributed by atoms with Crippen molar-refractivity contribution in [3.63, 3.8) is 0 Å². The number of rotatable bonds is 5. The van der Waals surface area contributed by atoms with Crippen molar-refractivity contribution in [2.24, 2.45) is 0 Å². The van der Waals surface area contributed by atoms with Crippen LogP contribution in [-0.2, 0) is 0 Å². The maximum absolute atomic E-state index is 12.3. The second-order valence-electron chi connectivity index (χ2n) is 6.70. The zero-order chi connectivity index (χ0) is 19.1. The molecule has 3 N–H and O–H groups in total. The van der Waals surface area contributed by atoms with Gasteiger partial charge in [0.25, 0.3) is 5.91 Å². The van der Waals surface area contributed by atoms with Gasteiger partial charge in [0.1, 0.15) is 5.75 Å². The molecule has 0 radical (unpaired) electrons. The van der Waals surface area contributed by atoms with E-state index in [9.17, 15) is 9.59 Å². The summed E-state index contributed by atoms with van der Waals surface area (Å²) < 4.78 is 5.14. The van der Waals surface area contributed by atoms with Crippen LogP contribution in [0.4, 0.5) is 16.2 Å². The van der Waals surface area contributed by atoms with Gasteiger partial charge in [0.05, 0.1) is 7.11 Å². The van der Waals surface area contributed by atoms with Gasteiger partial charge in [-0.15, -0.1) is 0 Å². The molecule has 2 aromatic carbocycles. The summed E-state index contributed by atoms with van der Waals surface area (Å²) in [7, 11) is 1.57. The van der Waals surface area contributed by atoms with Crippen molar-refractivity contribution in [1.82, 2.24) is 5.32 Å². The summed E-state index contributed by atoms with van der Waals surface area (Å²) in [4.78, 5) is 24.4. The van der Waals surface area contributed by atoms with Gasteiger partial charge in [-0.3, -0.25) is 4.79 Å². The van der Waals surface area contributed by atoms with Crippen molar-refractivity contribution in [3.8, 4) is 5.75 Å². The van der Waals surface area contributed by atoms with E-state index in [1.54, 1.807) is 55.6 Å². The fraction of sp³-hybridized carbons (Fsp3) is 0.333. The number of carbonyl (C=O) groups excluding carboxylic acids is 2.